The van der Waals surface area contributed by atoms with Gasteiger partial charge in [-0.15, -0.1) is 0 Å². The zero-order valence-electron chi connectivity index (χ0n) is 28.6. The van der Waals surface area contributed by atoms with E-state index < -0.39 is 15.2 Å². The van der Waals surface area contributed by atoms with Crippen molar-refractivity contribution in [3.8, 4) is 0 Å². The summed E-state index contributed by atoms with van der Waals surface area (Å²) in [6.07, 6.45) is 7.16. The summed E-state index contributed by atoms with van der Waals surface area (Å²) in [4.78, 5) is 23.3. The van der Waals surface area contributed by atoms with Crippen molar-refractivity contribution in [3.63, 3.8) is 0 Å². The highest BCUT2D eigenvalue weighted by atomic mass is 31.2. The molecule has 0 aliphatic carbocycles. The average molecular weight is 698 g/mol. The zero-order valence-corrected chi connectivity index (χ0v) is 30.4. The molecule has 2 unspecified atom stereocenters. The van der Waals surface area contributed by atoms with Gasteiger partial charge in [-0.3, -0.25) is 0 Å². The summed E-state index contributed by atoms with van der Waals surface area (Å²) in [6, 6.07) is 49.1. The number of benzene rings is 6. The molecular weight excluding hydrogens is 662 g/mol. The molecule has 0 amide bonds. The largest absolute Gasteiger partial charge is 0.341 e. The zero-order chi connectivity index (χ0) is 34.5. The Morgan fingerprint density at radius 2 is 1.08 bits per heavy atom. The predicted molar refractivity (Wildman–Crippen MR) is 219 cm³/mol. The summed E-state index contributed by atoms with van der Waals surface area (Å²) in [5.74, 6) is 0. The van der Waals surface area contributed by atoms with E-state index in [1.54, 1.807) is 12.7 Å². The molecule has 8 heteroatoms. The molecule has 1 aliphatic heterocycles. The van der Waals surface area contributed by atoms with Crippen LogP contribution >= 0.6 is 15.2 Å². The van der Waals surface area contributed by atoms with Crippen LogP contribution < -0.4 is 41.6 Å². The molecule has 51 heavy (non-hydrogen) atoms. The van der Waals surface area contributed by atoms with Gasteiger partial charge >= 0.3 is 0 Å². The average Bonchev–Trinajstić information content (AvgIpc) is 3.20. The van der Waals surface area contributed by atoms with Crippen molar-refractivity contribution in [2.45, 2.75) is 0 Å². The number of aromatic nitrogens is 4. The third-order valence-electron chi connectivity index (χ3n) is 10.1. The van der Waals surface area contributed by atoms with Gasteiger partial charge in [-0.25, -0.2) is 19.9 Å². The second kappa shape index (κ2) is 12.7. The van der Waals surface area contributed by atoms with E-state index in [-0.39, 0.29) is 0 Å². The monoisotopic (exact) mass is 697 g/mol. The maximum atomic E-state index is 4.78. The number of para-hydroxylation sites is 2. The molecule has 3 heterocycles. The lowest BCUT2D eigenvalue weighted by atomic mass is 10.1. The Hall–Kier alpha value is -5.54. The molecule has 0 fully saturated rings. The van der Waals surface area contributed by atoms with Crippen LogP contribution in [-0.4, -0.2) is 40.7 Å². The third-order valence-corrected chi connectivity index (χ3v) is 16.7. The molecule has 1 aliphatic rings. The van der Waals surface area contributed by atoms with E-state index in [4.69, 9.17) is 9.97 Å². The van der Waals surface area contributed by atoms with Gasteiger partial charge in [0, 0.05) is 53.6 Å². The Kier molecular flexibility index (Phi) is 7.80. The summed E-state index contributed by atoms with van der Waals surface area (Å²) < 4.78 is 0. The van der Waals surface area contributed by atoms with Gasteiger partial charge in [0.1, 0.15) is 35.8 Å². The Morgan fingerprint density at radius 3 is 1.80 bits per heavy atom. The summed E-state index contributed by atoms with van der Waals surface area (Å²) in [5, 5.41) is 9.73. The van der Waals surface area contributed by atoms with Crippen molar-refractivity contribution in [2.24, 2.45) is 0 Å². The van der Waals surface area contributed by atoms with Gasteiger partial charge in [-0.1, -0.05) is 78.9 Å². The van der Waals surface area contributed by atoms with Gasteiger partial charge in [-0.2, -0.15) is 0 Å². The number of rotatable bonds is 2. The quantitative estimate of drug-likeness (QED) is 0.180. The normalized spacial score (nSPS) is 17.1. The van der Waals surface area contributed by atoms with Gasteiger partial charge in [-0.05, 0) is 67.8 Å². The number of fused-ring (bicyclic) bond motifs is 6. The van der Waals surface area contributed by atoms with E-state index in [1.165, 1.54) is 43.2 Å². The highest BCUT2D eigenvalue weighted by Gasteiger charge is 2.46. The van der Waals surface area contributed by atoms with Gasteiger partial charge in [0.25, 0.3) is 0 Å². The van der Waals surface area contributed by atoms with E-state index in [1.807, 2.05) is 12.4 Å². The lowest BCUT2D eigenvalue weighted by molar-refractivity contribution is 1.20. The minimum atomic E-state index is -2.33. The second-order valence-electron chi connectivity index (χ2n) is 13.0. The van der Waals surface area contributed by atoms with Crippen LogP contribution in [0.2, 0.25) is 0 Å². The van der Waals surface area contributed by atoms with Crippen molar-refractivity contribution in [2.75, 3.05) is 30.6 Å². The molecule has 9 rings (SSSR count). The molecule has 0 spiro atoms. The van der Waals surface area contributed by atoms with Crippen LogP contribution in [0.25, 0.3) is 21.8 Å². The first-order valence-corrected chi connectivity index (χ1v) is 20.5. The first kappa shape index (κ1) is 31.4. The number of hydrogen-bond acceptors (Lipinski definition) is 6. The first-order chi connectivity index (χ1) is 25.0. The highest BCUT2D eigenvalue weighted by Crippen LogP contribution is 2.57. The molecule has 246 valence electrons. The Bertz CT molecular complexity index is 2560. The fourth-order valence-corrected chi connectivity index (χ4v) is 13.9. The van der Waals surface area contributed by atoms with Crippen molar-refractivity contribution < 1.29 is 0 Å². The number of nitrogens with zero attached hydrogens (tertiary/aromatic N) is 6. The number of anilines is 4. The standard InChI is InChI=1S/C43H35N6P2/c1-48-36-18-10-12-20-40(36)50(32-14-6-4-7-15-32)41-22-30-26-44-28-46-34(30)24-38(41)49(2)39-25-35-31(27-45-29-47-35)23-43(39)51(3,33-16-8-5-9-17-33)42-21-13-11-19-37(42)48/h4-29H,1-3H3/q+1. The lowest BCUT2D eigenvalue weighted by Crippen LogP contribution is -2.38. The second-order valence-corrected chi connectivity index (χ2v) is 18.6. The molecule has 0 radical (unpaired) electrons. The van der Waals surface area contributed by atoms with Gasteiger partial charge in [0.2, 0.25) is 0 Å². The van der Waals surface area contributed by atoms with Crippen LogP contribution in [0.3, 0.4) is 0 Å². The Balaban J connectivity index is 1.48. The summed E-state index contributed by atoms with van der Waals surface area (Å²) in [6.45, 7) is 2.47. The summed E-state index contributed by atoms with van der Waals surface area (Å²) in [7, 11) is 1.05. The fourth-order valence-electron chi connectivity index (χ4n) is 7.53. The molecule has 0 bridgehead atoms. The van der Waals surface area contributed by atoms with Crippen molar-refractivity contribution in [1.29, 1.82) is 0 Å². The van der Waals surface area contributed by atoms with Crippen molar-refractivity contribution in [3.05, 3.63) is 159 Å². The van der Waals surface area contributed by atoms with Crippen LogP contribution in [0.1, 0.15) is 0 Å². The molecule has 2 aromatic heterocycles. The smallest absolute Gasteiger partial charge is 0.128 e. The van der Waals surface area contributed by atoms with Gasteiger partial charge < -0.3 is 9.80 Å². The van der Waals surface area contributed by atoms with Gasteiger partial charge in [0.05, 0.1) is 34.8 Å². The van der Waals surface area contributed by atoms with E-state index in [9.17, 15) is 0 Å². The van der Waals surface area contributed by atoms with E-state index in [2.05, 4.69) is 174 Å². The maximum Gasteiger partial charge on any atom is 0.128 e. The first-order valence-electron chi connectivity index (χ1n) is 16.9. The SMILES string of the molecule is CN1c2ccccc2P(c2ccccc2)c2cc3cncnc3cc2N(C)c2cc3ncncc3cc2[P+](C)(c2ccccc2)c2ccccc21. The van der Waals surface area contributed by atoms with E-state index in [0.29, 0.717) is 0 Å². The van der Waals surface area contributed by atoms with E-state index >= 15 is 0 Å². The summed E-state index contributed by atoms with van der Waals surface area (Å²) in [5.41, 5.74) is 6.42. The molecular formula is C43H35N6P2+. The molecule has 6 aromatic carbocycles. The van der Waals surface area contributed by atoms with Crippen LogP contribution in [0.5, 0.6) is 0 Å². The number of hydrogen-bond donors (Lipinski definition) is 0. The van der Waals surface area contributed by atoms with Crippen molar-refractivity contribution >= 4 is 91.6 Å². The van der Waals surface area contributed by atoms with E-state index in [0.717, 1.165) is 33.2 Å². The summed E-state index contributed by atoms with van der Waals surface area (Å²) >= 11 is 0. The van der Waals surface area contributed by atoms with Crippen LogP contribution in [0, 0.1) is 0 Å². The Morgan fingerprint density at radius 1 is 0.510 bits per heavy atom. The van der Waals surface area contributed by atoms with Crippen LogP contribution in [0.4, 0.5) is 22.7 Å². The van der Waals surface area contributed by atoms with Crippen LogP contribution in [-0.2, 0) is 0 Å². The van der Waals surface area contributed by atoms with Crippen molar-refractivity contribution in [1.82, 2.24) is 19.9 Å². The molecule has 0 saturated heterocycles. The molecule has 0 saturated carbocycles. The fraction of sp³-hybridized carbons (Fsp3) is 0.0698. The minimum Gasteiger partial charge on any atom is -0.341 e. The van der Waals surface area contributed by atoms with Crippen LogP contribution in [0.15, 0.2) is 159 Å². The maximum absolute atomic E-state index is 4.78. The third kappa shape index (κ3) is 5.17. The molecule has 2 atom stereocenters. The topological polar surface area (TPSA) is 58.0 Å². The highest BCUT2D eigenvalue weighted by molar-refractivity contribution is 7.95. The molecule has 6 nitrogen and oxygen atoms in total. The lowest BCUT2D eigenvalue weighted by Gasteiger charge is -2.36. The van der Waals surface area contributed by atoms with Gasteiger partial charge in [0.15, 0.2) is 0 Å². The predicted octanol–water partition coefficient (Wildman–Crippen LogP) is 7.10. The molecule has 8 aromatic rings. The minimum absolute atomic E-state index is 0.909. The molecule has 0 N–H and O–H groups in total. The Labute approximate surface area is 299 Å².